The zero-order chi connectivity index (χ0) is 59.2. The van der Waals surface area contributed by atoms with Gasteiger partial charge in [-0.15, -0.1) is 0 Å². The molecule has 0 aliphatic rings. The molecule has 460 valence electrons. The minimum atomic E-state index is -0.819. The van der Waals surface area contributed by atoms with Gasteiger partial charge in [0.1, 0.15) is 13.2 Å². The molecule has 82 heavy (non-hydrogen) atoms. The van der Waals surface area contributed by atoms with Crippen LogP contribution in [-0.4, -0.2) is 37.2 Å². The van der Waals surface area contributed by atoms with Gasteiger partial charge >= 0.3 is 17.9 Å². The topological polar surface area (TPSA) is 78.9 Å². The Balaban J connectivity index is 4.52. The molecule has 1 unspecified atom stereocenters. The predicted octanol–water partition coefficient (Wildman–Crippen LogP) is 23.0. The number of carbonyl (C=O) groups is 3. The minimum absolute atomic E-state index is 0.108. The van der Waals surface area contributed by atoms with Crippen LogP contribution >= 0.6 is 0 Å². The van der Waals surface area contributed by atoms with E-state index in [9.17, 15) is 14.4 Å². The Morgan fingerprint density at radius 1 is 0.256 bits per heavy atom. The molecule has 1 atom stereocenters. The molecule has 0 aliphatic carbocycles. The predicted molar refractivity (Wildman–Crippen MR) is 357 cm³/mol. The number of hydrogen-bond acceptors (Lipinski definition) is 6. The molecule has 0 N–H and O–H groups in total. The van der Waals surface area contributed by atoms with Crippen LogP contribution in [0.4, 0.5) is 0 Å². The van der Waals surface area contributed by atoms with Crippen molar-refractivity contribution in [2.24, 2.45) is 0 Å². The third-order valence-electron chi connectivity index (χ3n) is 13.5. The van der Waals surface area contributed by atoms with E-state index < -0.39 is 6.10 Å². The number of esters is 3. The maximum Gasteiger partial charge on any atom is 0.306 e. The standard InChI is InChI=1S/C76H120O6/c1-4-7-10-13-16-19-22-25-28-30-32-34-36-37-38-39-41-42-44-46-48-51-54-57-60-63-66-69-75(78)81-72-73(71-80-74(77)68-65-62-59-56-53-50-27-24-21-18-15-12-9-6-3)82-76(79)70-67-64-61-58-55-52-49-47-45-43-40-35-33-31-29-26-23-20-17-14-11-8-5-2/h7-8,10-11,16-17,19-20,25-26,28-29,32-35,37-38,41-43,45-46,48-49,52,54,57,73H,4-6,9,12-15,18,21-24,27,30-31,36,39-40,44,47,50-51,53,55-56,58-72H2,1-3H3/b10-7-,11-8-,19-16-,20-17-,28-25-,29-26-,34-32-,35-33-,38-37-,42-41-,45-43-,48-46-,52-49-,57-54-. The Labute approximate surface area is 504 Å². The zero-order valence-electron chi connectivity index (χ0n) is 52.7. The highest BCUT2D eigenvalue weighted by atomic mass is 16.6. The van der Waals surface area contributed by atoms with E-state index in [1.165, 1.54) is 70.6 Å². The summed E-state index contributed by atoms with van der Waals surface area (Å²) in [7, 11) is 0. The van der Waals surface area contributed by atoms with E-state index in [4.69, 9.17) is 14.2 Å². The second-order valence-electron chi connectivity index (χ2n) is 21.3. The van der Waals surface area contributed by atoms with Crippen LogP contribution < -0.4 is 0 Å². The highest BCUT2D eigenvalue weighted by molar-refractivity contribution is 5.71. The smallest absolute Gasteiger partial charge is 0.306 e. The second-order valence-corrected chi connectivity index (χ2v) is 21.3. The van der Waals surface area contributed by atoms with Crippen molar-refractivity contribution in [3.05, 3.63) is 170 Å². The molecule has 0 rings (SSSR count). The average molecular weight is 1130 g/mol. The normalized spacial score (nSPS) is 13.3. The van der Waals surface area contributed by atoms with E-state index in [0.717, 1.165) is 154 Å². The Morgan fingerprint density at radius 2 is 0.476 bits per heavy atom. The summed E-state index contributed by atoms with van der Waals surface area (Å²) in [5.74, 6) is -0.981. The highest BCUT2D eigenvalue weighted by Gasteiger charge is 2.19. The quantitative estimate of drug-likeness (QED) is 0.0261. The summed E-state index contributed by atoms with van der Waals surface area (Å²) in [6.45, 7) is 6.36. The van der Waals surface area contributed by atoms with E-state index in [2.05, 4.69) is 191 Å². The lowest BCUT2D eigenvalue weighted by molar-refractivity contribution is -0.167. The van der Waals surface area contributed by atoms with Crippen LogP contribution in [0.15, 0.2) is 170 Å². The SMILES string of the molecule is CC/C=C\C/C=C\C/C=C\C/C=C\C/C=C\C/C=C\C/C=C\C/C=C\CCCCC(=O)OCC(COC(=O)CCCCCCCCCCCCCCCC)OC(=O)CCCCCC/C=C\C/C=C\C/C=C\C/C=C\C/C=C\C/C=C\CC. The summed E-state index contributed by atoms with van der Waals surface area (Å²) >= 11 is 0. The van der Waals surface area contributed by atoms with Crippen molar-refractivity contribution in [1.82, 2.24) is 0 Å². The third-order valence-corrected chi connectivity index (χ3v) is 13.5. The number of hydrogen-bond donors (Lipinski definition) is 0. The summed E-state index contributed by atoms with van der Waals surface area (Å²) in [5, 5.41) is 0. The van der Waals surface area contributed by atoms with Crippen LogP contribution in [0.2, 0.25) is 0 Å². The lowest BCUT2D eigenvalue weighted by atomic mass is 10.0. The number of ether oxygens (including phenoxy) is 3. The minimum Gasteiger partial charge on any atom is -0.462 e. The van der Waals surface area contributed by atoms with Crippen molar-refractivity contribution < 1.29 is 28.6 Å². The Kier molecular flexibility index (Phi) is 63.9. The fraction of sp³-hybridized carbons (Fsp3) is 0.592. The summed E-state index contributed by atoms with van der Waals surface area (Å²) in [4.78, 5) is 38.4. The Hall–Kier alpha value is -5.23. The van der Waals surface area contributed by atoms with Gasteiger partial charge in [-0.3, -0.25) is 14.4 Å². The summed E-state index contributed by atoms with van der Waals surface area (Å²) < 4.78 is 16.9. The van der Waals surface area contributed by atoms with Crippen LogP contribution in [0, 0.1) is 0 Å². The molecule has 0 heterocycles. The first kappa shape index (κ1) is 76.8. The first-order valence-corrected chi connectivity index (χ1v) is 33.1. The maximum absolute atomic E-state index is 12.9. The third kappa shape index (κ3) is 65.6. The molecule has 0 aromatic rings. The molecular formula is C76H120O6. The van der Waals surface area contributed by atoms with Crippen molar-refractivity contribution >= 4 is 17.9 Å². The van der Waals surface area contributed by atoms with Crippen LogP contribution in [0.25, 0.3) is 0 Å². The van der Waals surface area contributed by atoms with E-state index in [1.807, 2.05) is 0 Å². The lowest BCUT2D eigenvalue weighted by Gasteiger charge is -2.18. The highest BCUT2D eigenvalue weighted by Crippen LogP contribution is 2.15. The van der Waals surface area contributed by atoms with E-state index >= 15 is 0 Å². The van der Waals surface area contributed by atoms with Crippen molar-refractivity contribution in [2.75, 3.05) is 13.2 Å². The summed E-state index contributed by atoms with van der Waals surface area (Å²) in [6, 6.07) is 0. The van der Waals surface area contributed by atoms with Crippen LogP contribution in [0.5, 0.6) is 0 Å². The monoisotopic (exact) mass is 1130 g/mol. The van der Waals surface area contributed by atoms with Gasteiger partial charge in [-0.05, 0) is 135 Å². The van der Waals surface area contributed by atoms with Gasteiger partial charge < -0.3 is 14.2 Å². The van der Waals surface area contributed by atoms with Gasteiger partial charge in [0.25, 0.3) is 0 Å². The Morgan fingerprint density at radius 3 is 0.768 bits per heavy atom. The van der Waals surface area contributed by atoms with Crippen LogP contribution in [0.3, 0.4) is 0 Å². The maximum atomic E-state index is 12.9. The van der Waals surface area contributed by atoms with Gasteiger partial charge in [-0.2, -0.15) is 0 Å². The molecule has 0 saturated carbocycles. The molecule has 0 amide bonds. The number of allylic oxidation sites excluding steroid dienone is 28. The largest absolute Gasteiger partial charge is 0.462 e. The van der Waals surface area contributed by atoms with Crippen molar-refractivity contribution in [3.63, 3.8) is 0 Å². The fourth-order valence-electron chi connectivity index (χ4n) is 8.58. The van der Waals surface area contributed by atoms with Gasteiger partial charge in [0.05, 0.1) is 0 Å². The van der Waals surface area contributed by atoms with E-state index in [1.54, 1.807) is 0 Å². The van der Waals surface area contributed by atoms with E-state index in [0.29, 0.717) is 12.8 Å². The summed E-state index contributed by atoms with van der Waals surface area (Å²) in [6.07, 6.45) is 101. The zero-order valence-corrected chi connectivity index (χ0v) is 52.7. The molecule has 6 nitrogen and oxygen atoms in total. The Bertz CT molecular complexity index is 1870. The van der Waals surface area contributed by atoms with Gasteiger partial charge in [0.2, 0.25) is 0 Å². The molecule has 0 bridgehead atoms. The molecule has 0 spiro atoms. The van der Waals surface area contributed by atoms with Crippen molar-refractivity contribution in [3.8, 4) is 0 Å². The van der Waals surface area contributed by atoms with Crippen molar-refractivity contribution in [1.29, 1.82) is 0 Å². The number of carbonyl (C=O) groups excluding carboxylic acids is 3. The van der Waals surface area contributed by atoms with Gasteiger partial charge in [-0.25, -0.2) is 0 Å². The van der Waals surface area contributed by atoms with Crippen LogP contribution in [0.1, 0.15) is 271 Å². The number of rotatable bonds is 58. The van der Waals surface area contributed by atoms with Crippen molar-refractivity contribution in [2.45, 2.75) is 277 Å². The van der Waals surface area contributed by atoms with E-state index in [-0.39, 0.29) is 44.0 Å². The van der Waals surface area contributed by atoms with Crippen LogP contribution in [-0.2, 0) is 28.6 Å². The second kappa shape index (κ2) is 68.3. The lowest BCUT2D eigenvalue weighted by Crippen LogP contribution is -2.30. The molecule has 0 aliphatic heterocycles. The molecule has 0 fully saturated rings. The molecule has 0 saturated heterocycles. The van der Waals surface area contributed by atoms with Gasteiger partial charge in [0, 0.05) is 19.3 Å². The average Bonchev–Trinajstić information content (AvgIpc) is 3.48. The molecule has 0 radical (unpaired) electrons. The molecule has 0 aromatic heterocycles. The van der Waals surface area contributed by atoms with Gasteiger partial charge in [0.15, 0.2) is 6.10 Å². The van der Waals surface area contributed by atoms with Gasteiger partial charge in [-0.1, -0.05) is 287 Å². The molecule has 6 heteroatoms. The molecule has 0 aromatic carbocycles. The summed E-state index contributed by atoms with van der Waals surface area (Å²) in [5.41, 5.74) is 0. The first-order valence-electron chi connectivity index (χ1n) is 33.1. The first-order chi connectivity index (χ1) is 40.5. The molecular weight excluding hydrogens is 1010 g/mol. The number of unbranched alkanes of at least 4 members (excludes halogenated alkanes) is 19. The fourth-order valence-corrected chi connectivity index (χ4v) is 8.58.